The maximum absolute atomic E-state index is 11.7. The van der Waals surface area contributed by atoms with Crippen LogP contribution in [-0.2, 0) is 4.79 Å². The van der Waals surface area contributed by atoms with E-state index in [1.807, 2.05) is 24.3 Å². The Bertz CT molecular complexity index is 385. The highest BCUT2D eigenvalue weighted by molar-refractivity contribution is 5.81. The number of carbonyl (C=O) groups excluding carboxylic acids is 1. The Hall–Kier alpha value is -1.55. The molecule has 0 spiro atoms. The molecule has 1 aromatic carbocycles. The second-order valence-corrected chi connectivity index (χ2v) is 4.79. The second-order valence-electron chi connectivity index (χ2n) is 4.79. The highest BCUT2D eigenvalue weighted by Gasteiger charge is 2.19. The Morgan fingerprint density at radius 3 is 2.17 bits per heavy atom. The van der Waals surface area contributed by atoms with E-state index in [2.05, 4.69) is 19.2 Å². The van der Waals surface area contributed by atoms with Crippen LogP contribution in [-0.4, -0.2) is 19.1 Å². The monoisotopic (exact) mass is 250 g/mol. The van der Waals surface area contributed by atoms with Crippen molar-refractivity contribution >= 4 is 5.91 Å². The molecular weight excluding hydrogens is 228 g/mol. The summed E-state index contributed by atoms with van der Waals surface area (Å²) in [4.78, 5) is 11.7. The molecular formula is C14H22N2O2. The lowest BCUT2D eigenvalue weighted by molar-refractivity contribution is -0.123. The molecule has 4 heteroatoms. The van der Waals surface area contributed by atoms with E-state index >= 15 is 0 Å². The van der Waals surface area contributed by atoms with E-state index in [9.17, 15) is 4.79 Å². The first kappa shape index (κ1) is 14.5. The molecule has 0 saturated carbocycles. The molecule has 0 aliphatic carbocycles. The third kappa shape index (κ3) is 3.74. The van der Waals surface area contributed by atoms with E-state index in [1.54, 1.807) is 14.0 Å². The Kier molecular flexibility index (Phi) is 5.16. The lowest BCUT2D eigenvalue weighted by atomic mass is 9.95. The molecule has 100 valence electrons. The van der Waals surface area contributed by atoms with E-state index in [0.29, 0.717) is 5.92 Å². The van der Waals surface area contributed by atoms with Crippen LogP contribution >= 0.6 is 0 Å². The number of methoxy groups -OCH3 is 1. The van der Waals surface area contributed by atoms with Gasteiger partial charge in [0.25, 0.3) is 0 Å². The minimum absolute atomic E-state index is 0.0330. The SMILES string of the molecule is COc1ccc(C(NC(=O)[C@H](C)N)C(C)C)cc1. The van der Waals surface area contributed by atoms with Crippen LogP contribution < -0.4 is 15.8 Å². The van der Waals surface area contributed by atoms with E-state index in [4.69, 9.17) is 10.5 Å². The maximum atomic E-state index is 11.7. The number of nitrogens with one attached hydrogen (secondary N) is 1. The molecule has 0 aromatic heterocycles. The maximum Gasteiger partial charge on any atom is 0.237 e. The molecule has 3 N–H and O–H groups in total. The summed E-state index contributed by atoms with van der Waals surface area (Å²) < 4.78 is 5.12. The van der Waals surface area contributed by atoms with Crippen LogP contribution in [0.2, 0.25) is 0 Å². The minimum atomic E-state index is -0.496. The fourth-order valence-corrected chi connectivity index (χ4v) is 1.73. The third-order valence-electron chi connectivity index (χ3n) is 2.85. The standard InChI is InChI=1S/C14H22N2O2/c1-9(2)13(16-14(17)10(3)15)11-5-7-12(18-4)8-6-11/h5-10,13H,15H2,1-4H3,(H,16,17)/t10-,13?/m0/s1. The van der Waals surface area contributed by atoms with E-state index in [1.165, 1.54) is 0 Å². The van der Waals surface area contributed by atoms with Crippen molar-refractivity contribution in [2.24, 2.45) is 11.7 Å². The quantitative estimate of drug-likeness (QED) is 0.838. The molecule has 18 heavy (non-hydrogen) atoms. The topological polar surface area (TPSA) is 64.3 Å². The molecule has 0 bridgehead atoms. The largest absolute Gasteiger partial charge is 0.497 e. The summed E-state index contributed by atoms with van der Waals surface area (Å²) in [6.45, 7) is 5.81. The lowest BCUT2D eigenvalue weighted by Crippen LogP contribution is -2.41. The fraction of sp³-hybridized carbons (Fsp3) is 0.500. The number of hydrogen-bond donors (Lipinski definition) is 2. The van der Waals surface area contributed by atoms with Crippen LogP contribution in [0.4, 0.5) is 0 Å². The zero-order valence-corrected chi connectivity index (χ0v) is 11.4. The van der Waals surface area contributed by atoms with Crippen molar-refractivity contribution in [3.8, 4) is 5.75 Å². The molecule has 0 aliphatic rings. The molecule has 1 unspecified atom stereocenters. The number of nitrogens with two attached hydrogens (primary N) is 1. The van der Waals surface area contributed by atoms with Crippen molar-refractivity contribution in [2.45, 2.75) is 32.9 Å². The van der Waals surface area contributed by atoms with Crippen LogP contribution in [0.3, 0.4) is 0 Å². The molecule has 1 aromatic rings. The van der Waals surface area contributed by atoms with E-state index in [0.717, 1.165) is 11.3 Å². The molecule has 0 heterocycles. The van der Waals surface area contributed by atoms with Crippen LogP contribution in [0.1, 0.15) is 32.4 Å². The second kappa shape index (κ2) is 6.40. The average molecular weight is 250 g/mol. The van der Waals surface area contributed by atoms with Crippen molar-refractivity contribution < 1.29 is 9.53 Å². The summed E-state index contributed by atoms with van der Waals surface area (Å²) >= 11 is 0. The first-order valence-corrected chi connectivity index (χ1v) is 6.15. The summed E-state index contributed by atoms with van der Waals surface area (Å²) in [5.74, 6) is 0.963. The van der Waals surface area contributed by atoms with Crippen molar-refractivity contribution in [2.75, 3.05) is 7.11 Å². The van der Waals surface area contributed by atoms with Crippen LogP contribution in [0.15, 0.2) is 24.3 Å². The molecule has 0 aliphatic heterocycles. The van der Waals surface area contributed by atoms with Gasteiger partial charge in [0.2, 0.25) is 5.91 Å². The fourth-order valence-electron chi connectivity index (χ4n) is 1.73. The molecule has 1 rings (SSSR count). The van der Waals surface area contributed by atoms with Crippen LogP contribution in [0.25, 0.3) is 0 Å². The average Bonchev–Trinajstić information content (AvgIpc) is 2.35. The third-order valence-corrected chi connectivity index (χ3v) is 2.85. The van der Waals surface area contributed by atoms with Crippen molar-refractivity contribution in [1.82, 2.24) is 5.32 Å². The number of amides is 1. The van der Waals surface area contributed by atoms with Gasteiger partial charge >= 0.3 is 0 Å². The normalized spacial score (nSPS) is 14.1. The Balaban J connectivity index is 2.87. The van der Waals surface area contributed by atoms with Crippen molar-refractivity contribution in [3.63, 3.8) is 0 Å². The van der Waals surface area contributed by atoms with E-state index < -0.39 is 6.04 Å². The van der Waals surface area contributed by atoms with Gasteiger partial charge in [-0.05, 0) is 30.5 Å². The molecule has 0 radical (unpaired) electrons. The molecule has 0 saturated heterocycles. The van der Waals surface area contributed by atoms with Gasteiger partial charge in [0, 0.05) is 0 Å². The lowest BCUT2D eigenvalue weighted by Gasteiger charge is -2.24. The summed E-state index contributed by atoms with van der Waals surface area (Å²) in [5, 5.41) is 2.96. The van der Waals surface area contributed by atoms with Gasteiger partial charge in [-0.2, -0.15) is 0 Å². The van der Waals surface area contributed by atoms with Gasteiger partial charge in [-0.15, -0.1) is 0 Å². The van der Waals surface area contributed by atoms with Gasteiger partial charge in [0.05, 0.1) is 19.2 Å². The van der Waals surface area contributed by atoms with Crippen molar-refractivity contribution in [1.29, 1.82) is 0 Å². The number of benzene rings is 1. The summed E-state index contributed by atoms with van der Waals surface area (Å²) in [6, 6.07) is 7.18. The van der Waals surface area contributed by atoms with Gasteiger partial charge < -0.3 is 15.8 Å². The Morgan fingerprint density at radius 2 is 1.78 bits per heavy atom. The number of hydrogen-bond acceptors (Lipinski definition) is 3. The predicted molar refractivity (Wildman–Crippen MR) is 72.4 cm³/mol. The number of ether oxygens (including phenoxy) is 1. The number of carbonyl (C=O) groups is 1. The molecule has 1 amide bonds. The van der Waals surface area contributed by atoms with E-state index in [-0.39, 0.29) is 11.9 Å². The zero-order chi connectivity index (χ0) is 13.7. The van der Waals surface area contributed by atoms with Crippen LogP contribution in [0.5, 0.6) is 5.75 Å². The molecule has 2 atom stereocenters. The highest BCUT2D eigenvalue weighted by Crippen LogP contribution is 2.23. The first-order chi connectivity index (χ1) is 8.45. The van der Waals surface area contributed by atoms with Gasteiger partial charge in [0.15, 0.2) is 0 Å². The van der Waals surface area contributed by atoms with Gasteiger partial charge in [-0.25, -0.2) is 0 Å². The highest BCUT2D eigenvalue weighted by atomic mass is 16.5. The van der Waals surface area contributed by atoms with Crippen LogP contribution in [0, 0.1) is 5.92 Å². The first-order valence-electron chi connectivity index (χ1n) is 6.15. The zero-order valence-electron chi connectivity index (χ0n) is 11.4. The minimum Gasteiger partial charge on any atom is -0.497 e. The molecule has 4 nitrogen and oxygen atoms in total. The smallest absolute Gasteiger partial charge is 0.237 e. The number of rotatable bonds is 5. The van der Waals surface area contributed by atoms with Gasteiger partial charge in [-0.1, -0.05) is 26.0 Å². The predicted octanol–water partition coefficient (Wildman–Crippen LogP) is 1.86. The van der Waals surface area contributed by atoms with Gasteiger partial charge in [-0.3, -0.25) is 4.79 Å². The summed E-state index contributed by atoms with van der Waals surface area (Å²) in [5.41, 5.74) is 6.63. The Morgan fingerprint density at radius 1 is 1.22 bits per heavy atom. The van der Waals surface area contributed by atoms with Gasteiger partial charge in [0.1, 0.15) is 5.75 Å². The summed E-state index contributed by atoms with van der Waals surface area (Å²) in [7, 11) is 1.63. The Labute approximate surface area is 109 Å². The summed E-state index contributed by atoms with van der Waals surface area (Å²) in [6.07, 6.45) is 0. The van der Waals surface area contributed by atoms with Crippen molar-refractivity contribution in [3.05, 3.63) is 29.8 Å². The molecule has 0 fully saturated rings.